The van der Waals surface area contributed by atoms with Crippen LogP contribution in [0.3, 0.4) is 0 Å². The summed E-state index contributed by atoms with van der Waals surface area (Å²) < 4.78 is 4.82. The van der Waals surface area contributed by atoms with Crippen molar-refractivity contribution in [3.8, 4) is 22.5 Å². The molecule has 0 aliphatic carbocycles. The third-order valence-corrected chi connectivity index (χ3v) is 9.38. The van der Waals surface area contributed by atoms with Gasteiger partial charge in [0.25, 0.3) is 0 Å². The van der Waals surface area contributed by atoms with Crippen molar-refractivity contribution in [2.45, 2.75) is 0 Å². The molecule has 0 saturated carbocycles. The first-order chi connectivity index (χ1) is 22.8. The second-order valence-corrected chi connectivity index (χ2v) is 11.9. The van der Waals surface area contributed by atoms with Gasteiger partial charge in [0.2, 0.25) is 0 Å². The van der Waals surface area contributed by atoms with Crippen LogP contribution in [0, 0.1) is 0 Å². The number of para-hydroxylation sites is 2. The summed E-state index contributed by atoms with van der Waals surface area (Å²) in [6, 6.07) is 52.6. The maximum Gasteiger partial charge on any atom is 0.0907 e. The zero-order chi connectivity index (χ0) is 30.2. The lowest BCUT2D eigenvalue weighted by atomic mass is 9.94. The summed E-state index contributed by atoms with van der Waals surface area (Å²) in [6.45, 7) is 0. The lowest BCUT2D eigenvalue weighted by Gasteiger charge is -2.12. The van der Waals surface area contributed by atoms with Gasteiger partial charge in [-0.25, -0.2) is 0 Å². The molecular weight excluding hydrogens is 560 g/mol. The maximum atomic E-state index is 4.63. The summed E-state index contributed by atoms with van der Waals surface area (Å²) in [5.41, 5.74) is 11.1. The predicted octanol–water partition coefficient (Wildman–Crippen LogP) is 10.6. The standard InChI is InChI=1S/C42H26N4/c1-3-11-27(12-4-1)33-25-41-42(32-17-8-7-15-30(32)33)35-24-34-31-16-9-10-18-38(31)46(29-19-20-36-37(23-29)44-22-21-43-36)39(34)26-40(35)45(41)28-13-5-2-6-14-28/h1-26H. The van der Waals surface area contributed by atoms with Crippen LogP contribution in [0.4, 0.5) is 0 Å². The molecular formula is C42H26N4. The molecule has 10 rings (SSSR count). The van der Waals surface area contributed by atoms with Gasteiger partial charge in [-0.15, -0.1) is 0 Å². The highest BCUT2D eigenvalue weighted by atomic mass is 15.0. The van der Waals surface area contributed by atoms with E-state index in [-0.39, 0.29) is 0 Å². The largest absolute Gasteiger partial charge is 0.309 e. The highest BCUT2D eigenvalue weighted by molar-refractivity contribution is 6.27. The topological polar surface area (TPSA) is 35.6 Å². The molecule has 46 heavy (non-hydrogen) atoms. The van der Waals surface area contributed by atoms with Crippen LogP contribution in [0.15, 0.2) is 158 Å². The molecule has 7 aromatic carbocycles. The van der Waals surface area contributed by atoms with Gasteiger partial charge in [0.15, 0.2) is 0 Å². The van der Waals surface area contributed by atoms with Crippen molar-refractivity contribution in [3.05, 3.63) is 158 Å². The van der Waals surface area contributed by atoms with E-state index in [9.17, 15) is 0 Å². The van der Waals surface area contributed by atoms with E-state index in [4.69, 9.17) is 0 Å². The summed E-state index contributed by atoms with van der Waals surface area (Å²) in [5, 5.41) is 7.49. The SMILES string of the molecule is c1ccc(-c2cc3c(c4ccccc24)c2cc4c5ccccc5n(-c5ccc6nccnc6c5)c4cc2n3-c2ccccc2)cc1. The molecule has 10 aromatic rings. The molecule has 0 N–H and O–H groups in total. The van der Waals surface area contributed by atoms with Crippen LogP contribution in [-0.2, 0) is 0 Å². The Hall–Kier alpha value is -6.26. The van der Waals surface area contributed by atoms with Gasteiger partial charge < -0.3 is 9.13 Å². The molecule has 0 fully saturated rings. The number of nitrogens with zero attached hydrogens (tertiary/aromatic N) is 4. The molecule has 0 radical (unpaired) electrons. The molecule has 214 valence electrons. The summed E-state index contributed by atoms with van der Waals surface area (Å²) in [4.78, 5) is 9.14. The van der Waals surface area contributed by atoms with Crippen molar-refractivity contribution in [1.82, 2.24) is 19.1 Å². The molecule has 3 heterocycles. The number of benzene rings is 7. The van der Waals surface area contributed by atoms with E-state index in [0.29, 0.717) is 0 Å². The third kappa shape index (κ3) is 3.55. The molecule has 0 unspecified atom stereocenters. The molecule has 0 atom stereocenters. The molecule has 0 saturated heterocycles. The minimum atomic E-state index is 0.880. The van der Waals surface area contributed by atoms with E-state index in [2.05, 4.69) is 165 Å². The summed E-state index contributed by atoms with van der Waals surface area (Å²) in [7, 11) is 0. The van der Waals surface area contributed by atoms with E-state index in [1.807, 2.05) is 0 Å². The van der Waals surface area contributed by atoms with E-state index in [1.165, 1.54) is 60.0 Å². The number of hydrogen-bond donors (Lipinski definition) is 0. The van der Waals surface area contributed by atoms with Crippen LogP contribution >= 0.6 is 0 Å². The zero-order valence-electron chi connectivity index (χ0n) is 24.8. The quantitative estimate of drug-likeness (QED) is 0.206. The van der Waals surface area contributed by atoms with Crippen molar-refractivity contribution >= 4 is 65.4 Å². The average Bonchev–Trinajstić information content (AvgIpc) is 3.62. The van der Waals surface area contributed by atoms with E-state index in [1.54, 1.807) is 12.4 Å². The Bertz CT molecular complexity index is 2790. The van der Waals surface area contributed by atoms with Crippen LogP contribution in [0.25, 0.3) is 87.9 Å². The summed E-state index contributed by atoms with van der Waals surface area (Å²) in [5.74, 6) is 0. The van der Waals surface area contributed by atoms with Crippen LogP contribution in [-0.4, -0.2) is 19.1 Å². The van der Waals surface area contributed by atoms with E-state index >= 15 is 0 Å². The minimum Gasteiger partial charge on any atom is -0.309 e. The summed E-state index contributed by atoms with van der Waals surface area (Å²) in [6.07, 6.45) is 3.50. The second-order valence-electron chi connectivity index (χ2n) is 11.9. The average molecular weight is 587 g/mol. The molecule has 0 spiro atoms. The minimum absolute atomic E-state index is 0.880. The van der Waals surface area contributed by atoms with Gasteiger partial charge in [-0.2, -0.15) is 0 Å². The molecule has 0 amide bonds. The van der Waals surface area contributed by atoms with Gasteiger partial charge in [-0.05, 0) is 76.5 Å². The van der Waals surface area contributed by atoms with Gasteiger partial charge in [-0.1, -0.05) is 91.0 Å². The molecule has 4 nitrogen and oxygen atoms in total. The molecule has 0 aliphatic rings. The van der Waals surface area contributed by atoms with Crippen molar-refractivity contribution in [2.24, 2.45) is 0 Å². The highest BCUT2D eigenvalue weighted by Crippen LogP contribution is 2.44. The molecule has 3 aromatic heterocycles. The van der Waals surface area contributed by atoms with Crippen LogP contribution in [0.5, 0.6) is 0 Å². The maximum absolute atomic E-state index is 4.63. The third-order valence-electron chi connectivity index (χ3n) is 9.38. The molecule has 0 aliphatic heterocycles. The fourth-order valence-electron chi connectivity index (χ4n) is 7.42. The van der Waals surface area contributed by atoms with Crippen LogP contribution in [0.1, 0.15) is 0 Å². The highest BCUT2D eigenvalue weighted by Gasteiger charge is 2.21. The molecule has 4 heteroatoms. The van der Waals surface area contributed by atoms with Gasteiger partial charge in [0, 0.05) is 45.3 Å². The first kappa shape index (κ1) is 25.1. The lowest BCUT2D eigenvalue weighted by molar-refractivity contribution is 1.16. The second kappa shape index (κ2) is 9.62. The zero-order valence-corrected chi connectivity index (χ0v) is 24.8. The monoisotopic (exact) mass is 586 g/mol. The Morgan fingerprint density at radius 2 is 1.02 bits per heavy atom. The van der Waals surface area contributed by atoms with Crippen molar-refractivity contribution in [3.63, 3.8) is 0 Å². The Kier molecular flexibility index (Phi) is 5.25. The van der Waals surface area contributed by atoms with Gasteiger partial charge >= 0.3 is 0 Å². The Morgan fingerprint density at radius 3 is 1.85 bits per heavy atom. The predicted molar refractivity (Wildman–Crippen MR) is 191 cm³/mol. The van der Waals surface area contributed by atoms with E-state index in [0.717, 1.165) is 27.9 Å². The van der Waals surface area contributed by atoms with Gasteiger partial charge in [0.1, 0.15) is 0 Å². The molecule has 0 bridgehead atoms. The number of aromatic nitrogens is 4. The van der Waals surface area contributed by atoms with Crippen LogP contribution < -0.4 is 0 Å². The first-order valence-corrected chi connectivity index (χ1v) is 15.6. The summed E-state index contributed by atoms with van der Waals surface area (Å²) >= 11 is 0. The first-order valence-electron chi connectivity index (χ1n) is 15.6. The smallest absolute Gasteiger partial charge is 0.0907 e. The Labute approximate surface area is 264 Å². The number of hydrogen-bond acceptors (Lipinski definition) is 2. The number of rotatable bonds is 3. The fourth-order valence-corrected chi connectivity index (χ4v) is 7.42. The van der Waals surface area contributed by atoms with E-state index < -0.39 is 0 Å². The Morgan fingerprint density at radius 1 is 0.370 bits per heavy atom. The van der Waals surface area contributed by atoms with Crippen molar-refractivity contribution in [2.75, 3.05) is 0 Å². The van der Waals surface area contributed by atoms with Gasteiger partial charge in [0.05, 0.1) is 33.1 Å². The normalized spacial score (nSPS) is 11.9. The van der Waals surface area contributed by atoms with Crippen LogP contribution in [0.2, 0.25) is 0 Å². The lowest BCUT2D eigenvalue weighted by Crippen LogP contribution is -1.96. The number of fused-ring (bicyclic) bond motifs is 9. The van der Waals surface area contributed by atoms with Gasteiger partial charge in [-0.3, -0.25) is 9.97 Å². The van der Waals surface area contributed by atoms with Crippen molar-refractivity contribution in [1.29, 1.82) is 0 Å². The Balaban J connectivity index is 1.40. The van der Waals surface area contributed by atoms with Crippen molar-refractivity contribution < 1.29 is 0 Å². The fraction of sp³-hybridized carbons (Fsp3) is 0.